The number of amides is 2. The third-order valence-electron chi connectivity index (χ3n) is 3.49. The summed E-state index contributed by atoms with van der Waals surface area (Å²) >= 11 is 0. The maximum Gasteiger partial charge on any atom is 0.338 e. The Balaban J connectivity index is 2.01. The van der Waals surface area contributed by atoms with Crippen molar-refractivity contribution >= 4 is 23.5 Å². The second-order valence-corrected chi connectivity index (χ2v) is 5.17. The summed E-state index contributed by atoms with van der Waals surface area (Å²) in [5.74, 6) is -2.76. The Morgan fingerprint density at radius 3 is 2.77 bits per heavy atom. The van der Waals surface area contributed by atoms with Gasteiger partial charge in [-0.1, -0.05) is 6.42 Å². The average Bonchev–Trinajstić information content (AvgIpc) is 2.66. The molecule has 2 amide bonds. The Morgan fingerprint density at radius 2 is 2.05 bits per heavy atom. The van der Waals surface area contributed by atoms with Crippen LogP contribution in [0, 0.1) is 5.82 Å². The van der Waals surface area contributed by atoms with Crippen LogP contribution in [-0.4, -0.2) is 40.9 Å². The molecule has 118 valence electrons. The van der Waals surface area contributed by atoms with Gasteiger partial charge in [0.2, 0.25) is 11.8 Å². The minimum atomic E-state index is -1.41. The number of nitrogens with zero attached hydrogens (tertiary/aromatic N) is 1. The lowest BCUT2D eigenvalue weighted by atomic mass is 10.2. The summed E-state index contributed by atoms with van der Waals surface area (Å²) in [6.07, 6.45) is 3.09. The van der Waals surface area contributed by atoms with E-state index in [0.29, 0.717) is 13.0 Å². The summed E-state index contributed by atoms with van der Waals surface area (Å²) in [6.45, 7) is 0.453. The van der Waals surface area contributed by atoms with Crippen molar-refractivity contribution in [1.82, 2.24) is 4.90 Å². The van der Waals surface area contributed by atoms with E-state index < -0.39 is 23.3 Å². The molecular formula is C15H17FN2O4. The average molecular weight is 308 g/mol. The monoisotopic (exact) mass is 308 g/mol. The molecular weight excluding hydrogens is 291 g/mol. The molecule has 0 aliphatic carbocycles. The SMILES string of the molecule is O=C(CN1CCCCCC1=O)Nc1ccc(F)c(C(=O)O)c1. The van der Waals surface area contributed by atoms with E-state index in [1.165, 1.54) is 11.0 Å². The van der Waals surface area contributed by atoms with Crippen molar-refractivity contribution in [3.63, 3.8) is 0 Å². The number of hydrogen-bond donors (Lipinski definition) is 2. The topological polar surface area (TPSA) is 86.7 Å². The molecule has 2 N–H and O–H groups in total. The van der Waals surface area contributed by atoms with Gasteiger partial charge in [-0.15, -0.1) is 0 Å². The van der Waals surface area contributed by atoms with Crippen molar-refractivity contribution in [1.29, 1.82) is 0 Å². The fraction of sp³-hybridized carbons (Fsp3) is 0.400. The van der Waals surface area contributed by atoms with Gasteiger partial charge in [0.25, 0.3) is 0 Å². The maximum absolute atomic E-state index is 13.3. The Bertz CT molecular complexity index is 603. The van der Waals surface area contributed by atoms with E-state index in [9.17, 15) is 18.8 Å². The summed E-state index contributed by atoms with van der Waals surface area (Å²) < 4.78 is 13.3. The van der Waals surface area contributed by atoms with Crippen molar-refractivity contribution in [3.8, 4) is 0 Å². The minimum Gasteiger partial charge on any atom is -0.478 e. The number of carbonyl (C=O) groups is 3. The quantitative estimate of drug-likeness (QED) is 0.889. The van der Waals surface area contributed by atoms with Crippen LogP contribution in [0.15, 0.2) is 18.2 Å². The highest BCUT2D eigenvalue weighted by molar-refractivity contribution is 5.96. The highest BCUT2D eigenvalue weighted by Crippen LogP contribution is 2.15. The number of carboxylic acid groups (broad SMARTS) is 1. The number of anilines is 1. The van der Waals surface area contributed by atoms with Crippen LogP contribution < -0.4 is 5.32 Å². The second-order valence-electron chi connectivity index (χ2n) is 5.17. The molecule has 1 saturated heterocycles. The van der Waals surface area contributed by atoms with Gasteiger partial charge in [0.05, 0.1) is 12.1 Å². The van der Waals surface area contributed by atoms with Crippen LogP contribution in [0.2, 0.25) is 0 Å². The number of nitrogens with one attached hydrogen (secondary N) is 1. The fourth-order valence-electron chi connectivity index (χ4n) is 2.35. The van der Waals surface area contributed by atoms with Crippen LogP contribution in [-0.2, 0) is 9.59 Å². The van der Waals surface area contributed by atoms with Gasteiger partial charge in [-0.25, -0.2) is 9.18 Å². The van der Waals surface area contributed by atoms with Crippen molar-refractivity contribution in [3.05, 3.63) is 29.6 Å². The first-order valence-electron chi connectivity index (χ1n) is 7.08. The Hall–Kier alpha value is -2.44. The normalized spacial score (nSPS) is 15.3. The van der Waals surface area contributed by atoms with Gasteiger partial charge < -0.3 is 15.3 Å². The fourth-order valence-corrected chi connectivity index (χ4v) is 2.35. The molecule has 1 fully saturated rings. The van der Waals surface area contributed by atoms with Gasteiger partial charge in [0.15, 0.2) is 0 Å². The molecule has 0 aromatic heterocycles. The van der Waals surface area contributed by atoms with Crippen LogP contribution >= 0.6 is 0 Å². The molecule has 1 heterocycles. The third kappa shape index (κ3) is 4.03. The first kappa shape index (κ1) is 15.9. The summed E-state index contributed by atoms with van der Waals surface area (Å²) in [7, 11) is 0. The highest BCUT2D eigenvalue weighted by atomic mass is 19.1. The molecule has 0 spiro atoms. The summed E-state index contributed by atoms with van der Waals surface area (Å²) in [5.41, 5.74) is -0.324. The van der Waals surface area contributed by atoms with Crippen LogP contribution in [0.5, 0.6) is 0 Å². The third-order valence-corrected chi connectivity index (χ3v) is 3.49. The summed E-state index contributed by atoms with van der Waals surface area (Å²) in [4.78, 5) is 36.1. The van der Waals surface area contributed by atoms with Crippen LogP contribution in [0.25, 0.3) is 0 Å². The summed E-state index contributed by atoms with van der Waals surface area (Å²) in [5, 5.41) is 11.3. The van der Waals surface area contributed by atoms with Crippen LogP contribution in [0.3, 0.4) is 0 Å². The number of halogens is 1. The van der Waals surface area contributed by atoms with E-state index in [1.807, 2.05) is 0 Å². The zero-order valence-corrected chi connectivity index (χ0v) is 12.0. The predicted molar refractivity (Wildman–Crippen MR) is 77.0 cm³/mol. The van der Waals surface area contributed by atoms with E-state index in [2.05, 4.69) is 5.32 Å². The smallest absolute Gasteiger partial charge is 0.338 e. The number of hydrogen-bond acceptors (Lipinski definition) is 3. The Morgan fingerprint density at radius 1 is 1.27 bits per heavy atom. The van der Waals surface area contributed by atoms with Gasteiger partial charge >= 0.3 is 5.97 Å². The molecule has 0 saturated carbocycles. The van der Waals surface area contributed by atoms with Crippen LogP contribution in [0.4, 0.5) is 10.1 Å². The zero-order chi connectivity index (χ0) is 16.1. The van der Waals surface area contributed by atoms with Gasteiger partial charge in [0, 0.05) is 18.7 Å². The molecule has 0 radical (unpaired) electrons. The van der Waals surface area contributed by atoms with E-state index in [1.54, 1.807) is 0 Å². The second kappa shape index (κ2) is 7.02. The van der Waals surface area contributed by atoms with Gasteiger partial charge in [-0.2, -0.15) is 0 Å². The van der Waals surface area contributed by atoms with Crippen molar-refractivity contribution in [2.24, 2.45) is 0 Å². The first-order valence-corrected chi connectivity index (χ1v) is 7.08. The summed E-state index contributed by atoms with van der Waals surface area (Å²) in [6, 6.07) is 3.32. The standard InChI is InChI=1S/C15H17FN2O4/c16-12-6-5-10(8-11(12)15(21)22)17-13(19)9-18-7-3-1-2-4-14(18)20/h5-6,8H,1-4,7,9H2,(H,17,19)(H,21,22). The molecule has 1 aromatic carbocycles. The predicted octanol–water partition coefficient (Wildman–Crippen LogP) is 1.87. The molecule has 1 aliphatic heterocycles. The van der Waals surface area contributed by atoms with Gasteiger partial charge in [-0.3, -0.25) is 9.59 Å². The number of likely N-dealkylation sites (tertiary alicyclic amines) is 1. The number of aromatic carboxylic acids is 1. The number of carbonyl (C=O) groups excluding carboxylic acids is 2. The van der Waals surface area contributed by atoms with E-state index in [-0.39, 0.29) is 18.1 Å². The largest absolute Gasteiger partial charge is 0.478 e. The van der Waals surface area contributed by atoms with Gasteiger partial charge in [0.1, 0.15) is 5.82 Å². The molecule has 7 heteroatoms. The molecule has 0 unspecified atom stereocenters. The lowest BCUT2D eigenvalue weighted by Crippen LogP contribution is -2.37. The van der Waals surface area contributed by atoms with Crippen molar-refractivity contribution in [2.45, 2.75) is 25.7 Å². The van der Waals surface area contributed by atoms with Gasteiger partial charge in [-0.05, 0) is 31.0 Å². The minimum absolute atomic E-state index is 0.0574. The Kier molecular flexibility index (Phi) is 5.08. The van der Waals surface area contributed by atoms with E-state index in [0.717, 1.165) is 31.4 Å². The molecule has 0 bridgehead atoms. The molecule has 22 heavy (non-hydrogen) atoms. The maximum atomic E-state index is 13.3. The molecule has 1 aliphatic rings. The number of benzene rings is 1. The van der Waals surface area contributed by atoms with Crippen molar-refractivity contribution < 1.29 is 23.9 Å². The zero-order valence-electron chi connectivity index (χ0n) is 12.0. The Labute approximate surface area is 126 Å². The first-order chi connectivity index (χ1) is 10.5. The lowest BCUT2D eigenvalue weighted by molar-refractivity contribution is -0.134. The molecule has 2 rings (SSSR count). The van der Waals surface area contributed by atoms with Crippen LogP contribution in [0.1, 0.15) is 36.0 Å². The highest BCUT2D eigenvalue weighted by Gasteiger charge is 2.19. The number of carboxylic acids is 1. The number of rotatable bonds is 4. The van der Waals surface area contributed by atoms with Crippen molar-refractivity contribution in [2.75, 3.05) is 18.4 Å². The van der Waals surface area contributed by atoms with E-state index in [4.69, 9.17) is 5.11 Å². The van der Waals surface area contributed by atoms with E-state index >= 15 is 0 Å². The molecule has 6 nitrogen and oxygen atoms in total. The molecule has 1 aromatic rings. The lowest BCUT2D eigenvalue weighted by Gasteiger charge is -2.19. The molecule has 0 atom stereocenters.